The van der Waals surface area contributed by atoms with Crippen LogP contribution in [0.25, 0.3) is 0 Å². The summed E-state index contributed by atoms with van der Waals surface area (Å²) in [4.78, 5) is 14.1. The Morgan fingerprint density at radius 1 is 1.43 bits per heavy atom. The van der Waals surface area contributed by atoms with Crippen LogP contribution < -0.4 is 0 Å². The molecular formula is C14H14Br2F3NO. The van der Waals surface area contributed by atoms with E-state index in [0.717, 1.165) is 12.5 Å². The summed E-state index contributed by atoms with van der Waals surface area (Å²) in [6.07, 6.45) is -3.75. The van der Waals surface area contributed by atoms with Gasteiger partial charge < -0.3 is 4.90 Å². The smallest absolute Gasteiger partial charge is 0.335 e. The van der Waals surface area contributed by atoms with Crippen LogP contribution in [0.4, 0.5) is 13.2 Å². The molecule has 1 aliphatic heterocycles. The van der Waals surface area contributed by atoms with E-state index in [0.29, 0.717) is 16.3 Å². The molecule has 0 aliphatic carbocycles. The number of halogens is 5. The van der Waals surface area contributed by atoms with Crippen molar-refractivity contribution in [1.82, 2.24) is 4.90 Å². The molecule has 1 fully saturated rings. The minimum atomic E-state index is -4.55. The second-order valence-electron chi connectivity index (χ2n) is 5.17. The molecule has 1 heterocycles. The Morgan fingerprint density at radius 3 is 2.67 bits per heavy atom. The molecule has 0 aromatic heterocycles. The van der Waals surface area contributed by atoms with Crippen molar-refractivity contribution in [3.63, 3.8) is 0 Å². The number of rotatable bonds is 2. The Morgan fingerprint density at radius 2 is 2.10 bits per heavy atom. The summed E-state index contributed by atoms with van der Waals surface area (Å²) in [7, 11) is 0. The lowest BCUT2D eigenvalue weighted by Crippen LogP contribution is -2.39. The molecule has 2 atom stereocenters. The zero-order valence-electron chi connectivity index (χ0n) is 11.3. The van der Waals surface area contributed by atoms with E-state index >= 15 is 0 Å². The van der Waals surface area contributed by atoms with Crippen molar-refractivity contribution in [3.05, 3.63) is 33.8 Å². The van der Waals surface area contributed by atoms with Gasteiger partial charge in [0.05, 0.1) is 11.1 Å². The summed E-state index contributed by atoms with van der Waals surface area (Å²) < 4.78 is 39.7. The van der Waals surface area contributed by atoms with Gasteiger partial charge in [-0.25, -0.2) is 0 Å². The van der Waals surface area contributed by atoms with E-state index in [1.807, 2.05) is 6.92 Å². The van der Waals surface area contributed by atoms with Crippen LogP contribution in [0.5, 0.6) is 0 Å². The molecule has 0 saturated carbocycles. The molecule has 7 heteroatoms. The highest BCUT2D eigenvalue weighted by molar-refractivity contribution is 9.10. The second kappa shape index (κ2) is 6.28. The molecular weight excluding hydrogens is 415 g/mol. The predicted molar refractivity (Wildman–Crippen MR) is 81.5 cm³/mol. The molecule has 0 radical (unpaired) electrons. The van der Waals surface area contributed by atoms with E-state index in [-0.39, 0.29) is 17.5 Å². The van der Waals surface area contributed by atoms with Crippen molar-refractivity contribution >= 4 is 37.8 Å². The third-order valence-electron chi connectivity index (χ3n) is 3.82. The number of amides is 1. The van der Waals surface area contributed by atoms with Gasteiger partial charge >= 0.3 is 6.18 Å². The third-order valence-corrected chi connectivity index (χ3v) is 4.98. The third kappa shape index (κ3) is 3.44. The van der Waals surface area contributed by atoms with Crippen LogP contribution in [0.1, 0.15) is 29.3 Å². The molecule has 0 spiro atoms. The van der Waals surface area contributed by atoms with Crippen molar-refractivity contribution in [2.45, 2.75) is 25.6 Å². The van der Waals surface area contributed by atoms with Crippen LogP contribution in [0.15, 0.2) is 22.7 Å². The SMILES string of the molecule is CC1CCN(C(=O)c2ccc(Br)cc2C(F)(F)F)C1CBr. The Hall–Kier alpha value is -0.560. The highest BCUT2D eigenvalue weighted by atomic mass is 79.9. The first-order valence-electron chi connectivity index (χ1n) is 6.49. The van der Waals surface area contributed by atoms with Gasteiger partial charge in [-0.1, -0.05) is 38.8 Å². The maximum absolute atomic E-state index is 13.1. The first kappa shape index (κ1) is 16.8. The number of carbonyl (C=O) groups is 1. The van der Waals surface area contributed by atoms with Gasteiger partial charge in [0.15, 0.2) is 0 Å². The fourth-order valence-electron chi connectivity index (χ4n) is 2.59. The van der Waals surface area contributed by atoms with Crippen molar-refractivity contribution in [2.75, 3.05) is 11.9 Å². The molecule has 2 nitrogen and oxygen atoms in total. The highest BCUT2D eigenvalue weighted by Gasteiger charge is 2.39. The number of alkyl halides is 4. The normalized spacial score (nSPS) is 22.7. The minimum Gasteiger partial charge on any atom is -0.335 e. The molecule has 1 aromatic rings. The first-order valence-corrected chi connectivity index (χ1v) is 8.41. The zero-order valence-corrected chi connectivity index (χ0v) is 14.4. The number of hydrogen-bond donors (Lipinski definition) is 0. The van der Waals surface area contributed by atoms with Gasteiger partial charge in [-0.05, 0) is 30.5 Å². The summed E-state index contributed by atoms with van der Waals surface area (Å²) in [6, 6.07) is 3.59. The van der Waals surface area contributed by atoms with Crippen LogP contribution in [0, 0.1) is 5.92 Å². The van der Waals surface area contributed by atoms with Crippen molar-refractivity contribution in [2.24, 2.45) is 5.92 Å². The van der Waals surface area contributed by atoms with Crippen LogP contribution >= 0.6 is 31.9 Å². The maximum atomic E-state index is 13.1. The maximum Gasteiger partial charge on any atom is 0.417 e. The molecule has 21 heavy (non-hydrogen) atoms. The van der Waals surface area contributed by atoms with E-state index < -0.39 is 17.6 Å². The summed E-state index contributed by atoms with van der Waals surface area (Å²) in [6.45, 7) is 2.50. The van der Waals surface area contributed by atoms with Crippen molar-refractivity contribution < 1.29 is 18.0 Å². The lowest BCUT2D eigenvalue weighted by molar-refractivity contribution is -0.138. The summed E-state index contributed by atoms with van der Waals surface area (Å²) in [5, 5.41) is 0.567. The quantitative estimate of drug-likeness (QED) is 0.624. The van der Waals surface area contributed by atoms with E-state index in [1.165, 1.54) is 17.0 Å². The fourth-order valence-corrected chi connectivity index (χ4v) is 3.94. The molecule has 2 unspecified atom stereocenters. The topological polar surface area (TPSA) is 20.3 Å². The first-order chi connectivity index (χ1) is 9.75. The predicted octanol–water partition coefficient (Wildman–Crippen LogP) is 4.71. The highest BCUT2D eigenvalue weighted by Crippen LogP contribution is 2.36. The Labute approximate surface area is 137 Å². The van der Waals surface area contributed by atoms with Gasteiger partial charge in [-0.15, -0.1) is 0 Å². The molecule has 1 aliphatic rings. The van der Waals surface area contributed by atoms with Crippen LogP contribution in [0.3, 0.4) is 0 Å². The summed E-state index contributed by atoms with van der Waals surface area (Å²) in [5.41, 5.74) is -1.18. The van der Waals surface area contributed by atoms with E-state index in [2.05, 4.69) is 31.9 Å². The van der Waals surface area contributed by atoms with Gasteiger partial charge in [-0.3, -0.25) is 4.79 Å². The Balaban J connectivity index is 2.40. The van der Waals surface area contributed by atoms with Gasteiger partial charge in [0.25, 0.3) is 5.91 Å². The van der Waals surface area contributed by atoms with Gasteiger partial charge in [0.1, 0.15) is 0 Å². The van der Waals surface area contributed by atoms with Gasteiger partial charge in [0.2, 0.25) is 0 Å². The molecule has 1 amide bonds. The van der Waals surface area contributed by atoms with Gasteiger partial charge in [0, 0.05) is 22.4 Å². The number of likely N-dealkylation sites (tertiary alicyclic amines) is 1. The number of hydrogen-bond acceptors (Lipinski definition) is 1. The Kier molecular flexibility index (Phi) is 5.03. The second-order valence-corrected chi connectivity index (χ2v) is 6.74. The molecule has 2 rings (SSSR count). The molecule has 0 N–H and O–H groups in total. The van der Waals surface area contributed by atoms with Gasteiger partial charge in [-0.2, -0.15) is 13.2 Å². The average Bonchev–Trinajstić information content (AvgIpc) is 2.78. The van der Waals surface area contributed by atoms with E-state index in [4.69, 9.17) is 0 Å². The van der Waals surface area contributed by atoms with Crippen molar-refractivity contribution in [3.8, 4) is 0 Å². The molecule has 0 bridgehead atoms. The standard InChI is InChI=1S/C14H14Br2F3NO/c1-8-4-5-20(12(8)7-15)13(21)10-3-2-9(16)6-11(10)14(17,18)19/h2-3,6,8,12H,4-5,7H2,1H3. The largest absolute Gasteiger partial charge is 0.417 e. The number of carbonyl (C=O) groups excluding carboxylic acids is 1. The minimum absolute atomic E-state index is 0.0674. The summed E-state index contributed by atoms with van der Waals surface area (Å²) >= 11 is 6.37. The van der Waals surface area contributed by atoms with Crippen molar-refractivity contribution in [1.29, 1.82) is 0 Å². The van der Waals surface area contributed by atoms with Crippen LogP contribution in [0.2, 0.25) is 0 Å². The monoisotopic (exact) mass is 427 g/mol. The fraction of sp³-hybridized carbons (Fsp3) is 0.500. The lowest BCUT2D eigenvalue weighted by Gasteiger charge is -2.26. The lowest BCUT2D eigenvalue weighted by atomic mass is 10.0. The Bertz CT molecular complexity index is 548. The molecule has 1 aromatic carbocycles. The average molecular weight is 429 g/mol. The van der Waals surface area contributed by atoms with E-state index in [9.17, 15) is 18.0 Å². The number of benzene rings is 1. The summed E-state index contributed by atoms with van der Waals surface area (Å²) in [5.74, 6) is -0.276. The molecule has 116 valence electrons. The van der Waals surface area contributed by atoms with Crippen LogP contribution in [-0.4, -0.2) is 28.7 Å². The van der Waals surface area contributed by atoms with E-state index in [1.54, 1.807) is 0 Å². The zero-order chi connectivity index (χ0) is 15.8. The van der Waals surface area contributed by atoms with Crippen LogP contribution in [-0.2, 0) is 6.18 Å². The number of nitrogens with zero attached hydrogens (tertiary/aromatic N) is 1. The molecule has 1 saturated heterocycles.